The first kappa shape index (κ1) is 36.3. The minimum Gasteiger partial charge on any atom is -0.479 e. The minimum absolute atomic E-state index is 0.0955. The van der Waals surface area contributed by atoms with Crippen molar-refractivity contribution in [1.82, 2.24) is 9.80 Å². The third kappa shape index (κ3) is 15.1. The molecule has 216 valence electrons. The number of rotatable bonds is 10. The molecule has 3 unspecified atom stereocenters. The number of likely N-dealkylation sites (N-methyl/N-ethyl adjacent to an activating group) is 1. The molecular weight excluding hydrogens is 504 g/mol. The van der Waals surface area contributed by atoms with Gasteiger partial charge in [-0.05, 0) is 27.4 Å². The third-order valence-corrected chi connectivity index (χ3v) is 5.12. The molecule has 1 rings (SSSR count). The van der Waals surface area contributed by atoms with Crippen molar-refractivity contribution >= 4 is 29.8 Å². The van der Waals surface area contributed by atoms with Crippen molar-refractivity contribution < 1.29 is 69.6 Å². The second-order valence-electron chi connectivity index (χ2n) is 8.64. The summed E-state index contributed by atoms with van der Waals surface area (Å²) >= 11 is 0. The quantitative estimate of drug-likeness (QED) is 0.128. The zero-order valence-electron chi connectivity index (χ0n) is 21.3. The standard InChI is InChI=1S/C13H26N2O2.2C4H6O6/c1-10-9-15(7-6-14(4)5)11(2)8-13(10)17-12(3)16;2*5-1(3(7)8)2(6)4(9)10/h10-11,13H,6-9H2,1-5H3;2*1-2,5-6H,(H,7,8)(H,9,10)/t;2*1-,2-/m.11/s1. The Hall–Kier alpha value is -2.89. The fourth-order valence-corrected chi connectivity index (χ4v) is 2.94. The van der Waals surface area contributed by atoms with Crippen LogP contribution in [0.3, 0.4) is 0 Å². The largest absolute Gasteiger partial charge is 0.479 e. The number of piperidine rings is 1. The van der Waals surface area contributed by atoms with Crippen LogP contribution < -0.4 is 0 Å². The Morgan fingerprint density at radius 3 is 1.43 bits per heavy atom. The summed E-state index contributed by atoms with van der Waals surface area (Å²) < 4.78 is 5.37. The molecule has 0 bridgehead atoms. The number of ether oxygens (including phenoxy) is 1. The van der Waals surface area contributed by atoms with Crippen molar-refractivity contribution in [3.8, 4) is 0 Å². The van der Waals surface area contributed by atoms with Gasteiger partial charge in [0.05, 0.1) is 0 Å². The lowest BCUT2D eigenvalue weighted by Crippen LogP contribution is -2.50. The number of carboxylic acid groups (broad SMARTS) is 4. The van der Waals surface area contributed by atoms with Crippen molar-refractivity contribution in [3.63, 3.8) is 0 Å². The molecule has 1 saturated heterocycles. The number of nitrogens with zero attached hydrogens (tertiary/aromatic N) is 2. The molecule has 0 aliphatic carbocycles. The number of hydrogen-bond acceptors (Lipinski definition) is 12. The average molecular weight is 543 g/mol. The van der Waals surface area contributed by atoms with Crippen molar-refractivity contribution in [2.75, 3.05) is 33.7 Å². The van der Waals surface area contributed by atoms with E-state index in [9.17, 15) is 24.0 Å². The Balaban J connectivity index is 0. The van der Waals surface area contributed by atoms with Gasteiger partial charge in [-0.15, -0.1) is 0 Å². The van der Waals surface area contributed by atoms with Gasteiger partial charge in [0.25, 0.3) is 0 Å². The Kier molecular flexibility index (Phi) is 17.2. The molecule has 0 aromatic rings. The fourth-order valence-electron chi connectivity index (χ4n) is 2.94. The molecule has 0 spiro atoms. The van der Waals surface area contributed by atoms with E-state index in [1.54, 1.807) is 0 Å². The van der Waals surface area contributed by atoms with Crippen LogP contribution in [0.2, 0.25) is 0 Å². The van der Waals surface area contributed by atoms with Crippen molar-refractivity contribution in [2.45, 2.75) is 63.8 Å². The first-order valence-corrected chi connectivity index (χ1v) is 11.0. The summed E-state index contributed by atoms with van der Waals surface area (Å²) in [5, 5.41) is 65.1. The number of carbonyl (C=O) groups excluding carboxylic acids is 1. The predicted octanol–water partition coefficient (Wildman–Crippen LogP) is -3.04. The number of aliphatic hydroxyl groups is 4. The highest BCUT2D eigenvalue weighted by atomic mass is 16.5. The fraction of sp³-hybridized carbons (Fsp3) is 0.762. The predicted molar refractivity (Wildman–Crippen MR) is 123 cm³/mol. The molecule has 0 aromatic heterocycles. The Labute approximate surface area is 213 Å². The van der Waals surface area contributed by atoms with E-state index in [1.807, 2.05) is 0 Å². The Morgan fingerprint density at radius 2 is 1.16 bits per heavy atom. The highest BCUT2D eigenvalue weighted by Gasteiger charge is 2.33. The van der Waals surface area contributed by atoms with Crippen LogP contribution in [0.1, 0.15) is 27.2 Å². The number of likely N-dealkylation sites (tertiary alicyclic amines) is 1. The second kappa shape index (κ2) is 17.5. The van der Waals surface area contributed by atoms with E-state index in [4.69, 9.17) is 45.6 Å². The molecular formula is C21H38N2O14. The van der Waals surface area contributed by atoms with Gasteiger partial charge in [0.1, 0.15) is 6.10 Å². The van der Waals surface area contributed by atoms with Gasteiger partial charge in [0.2, 0.25) is 0 Å². The topological polar surface area (TPSA) is 263 Å². The molecule has 16 heteroatoms. The van der Waals surface area contributed by atoms with Crippen LogP contribution in [-0.4, -0.2) is 151 Å². The molecule has 0 amide bonds. The van der Waals surface area contributed by atoms with Gasteiger partial charge in [-0.3, -0.25) is 9.69 Å². The monoisotopic (exact) mass is 542 g/mol. The van der Waals surface area contributed by atoms with E-state index in [0.717, 1.165) is 26.1 Å². The lowest BCUT2D eigenvalue weighted by Gasteiger charge is -2.41. The molecule has 1 fully saturated rings. The van der Waals surface area contributed by atoms with Crippen LogP contribution in [0, 0.1) is 5.92 Å². The van der Waals surface area contributed by atoms with Gasteiger partial charge in [-0.25, -0.2) is 19.2 Å². The number of aliphatic hydroxyl groups excluding tert-OH is 4. The molecule has 0 saturated carbocycles. The molecule has 0 aromatic carbocycles. The van der Waals surface area contributed by atoms with Gasteiger partial charge >= 0.3 is 29.8 Å². The lowest BCUT2D eigenvalue weighted by atomic mass is 9.91. The summed E-state index contributed by atoms with van der Waals surface area (Å²) in [5.41, 5.74) is 0. The van der Waals surface area contributed by atoms with E-state index >= 15 is 0 Å². The maximum Gasteiger partial charge on any atom is 0.335 e. The summed E-state index contributed by atoms with van der Waals surface area (Å²) in [5.74, 6) is -6.80. The highest BCUT2D eigenvalue weighted by Crippen LogP contribution is 2.24. The smallest absolute Gasteiger partial charge is 0.335 e. The van der Waals surface area contributed by atoms with Crippen molar-refractivity contribution in [2.24, 2.45) is 5.92 Å². The lowest BCUT2D eigenvalue weighted by molar-refractivity contribution is -0.165. The first-order chi connectivity index (χ1) is 16.8. The summed E-state index contributed by atoms with van der Waals surface area (Å²) in [6.45, 7) is 9.07. The molecule has 7 atom stereocenters. The Bertz CT molecular complexity index is 690. The van der Waals surface area contributed by atoms with Gasteiger partial charge in [-0.1, -0.05) is 6.92 Å². The molecule has 16 nitrogen and oxygen atoms in total. The normalized spacial score (nSPS) is 22.6. The summed E-state index contributed by atoms with van der Waals surface area (Å²) in [6, 6.07) is 0.496. The molecule has 0 radical (unpaired) electrons. The van der Waals surface area contributed by atoms with Crippen LogP contribution in [0.25, 0.3) is 0 Å². The molecule has 8 N–H and O–H groups in total. The van der Waals surface area contributed by atoms with Gasteiger partial charge in [0.15, 0.2) is 24.4 Å². The number of hydrogen-bond donors (Lipinski definition) is 8. The van der Waals surface area contributed by atoms with Crippen molar-refractivity contribution in [3.05, 3.63) is 0 Å². The number of carboxylic acids is 4. The van der Waals surface area contributed by atoms with Crippen molar-refractivity contribution in [1.29, 1.82) is 0 Å². The molecule has 1 heterocycles. The van der Waals surface area contributed by atoms with E-state index < -0.39 is 48.3 Å². The van der Waals surface area contributed by atoms with Crippen LogP contribution in [0.5, 0.6) is 0 Å². The van der Waals surface area contributed by atoms with Crippen LogP contribution in [0.15, 0.2) is 0 Å². The van der Waals surface area contributed by atoms with E-state index in [0.29, 0.717) is 12.0 Å². The van der Waals surface area contributed by atoms with Crippen LogP contribution in [-0.2, 0) is 28.7 Å². The summed E-state index contributed by atoms with van der Waals surface area (Å²) in [7, 11) is 4.19. The van der Waals surface area contributed by atoms with Gasteiger partial charge in [0, 0.05) is 38.5 Å². The zero-order valence-corrected chi connectivity index (χ0v) is 21.3. The summed E-state index contributed by atoms with van der Waals surface area (Å²) in [4.78, 5) is 54.8. The molecule has 37 heavy (non-hydrogen) atoms. The van der Waals surface area contributed by atoms with Gasteiger partial charge in [-0.2, -0.15) is 0 Å². The van der Waals surface area contributed by atoms with E-state index in [-0.39, 0.29) is 12.1 Å². The SMILES string of the molecule is CC(=O)OC1CC(C)N(CCN(C)C)CC1C.O=C(O)[C@H](O)[C@@H](O)C(=O)O.O=C(O)[C@H](O)[C@@H](O)C(=O)O. The Morgan fingerprint density at radius 1 is 0.811 bits per heavy atom. The van der Waals surface area contributed by atoms with Gasteiger partial charge < -0.3 is 50.5 Å². The molecule has 1 aliphatic heterocycles. The zero-order chi connectivity index (χ0) is 29.6. The number of carbonyl (C=O) groups is 5. The van der Waals surface area contributed by atoms with E-state index in [2.05, 4.69) is 37.7 Å². The maximum atomic E-state index is 11.0. The first-order valence-electron chi connectivity index (χ1n) is 11.0. The highest BCUT2D eigenvalue weighted by molar-refractivity contribution is 5.83. The number of aliphatic carboxylic acids is 4. The molecule has 1 aliphatic rings. The maximum absolute atomic E-state index is 11.0. The average Bonchev–Trinajstić information content (AvgIpc) is 2.78. The second-order valence-corrected chi connectivity index (χ2v) is 8.64. The summed E-state index contributed by atoms with van der Waals surface area (Å²) in [6.07, 6.45) is -8.02. The van der Waals surface area contributed by atoms with E-state index in [1.165, 1.54) is 6.92 Å². The van der Waals surface area contributed by atoms with Crippen LogP contribution >= 0.6 is 0 Å². The number of esters is 1. The third-order valence-electron chi connectivity index (χ3n) is 5.12. The van der Waals surface area contributed by atoms with Crippen LogP contribution in [0.4, 0.5) is 0 Å². The minimum atomic E-state index is -2.27.